The fourth-order valence-electron chi connectivity index (χ4n) is 21.9. The molecule has 7 heteroatoms. The number of anilines is 12. The first kappa shape index (κ1) is 82.4. The second-order valence-corrected chi connectivity index (χ2v) is 36.8. The van der Waals surface area contributed by atoms with Gasteiger partial charge in [0, 0.05) is 117 Å². The Balaban J connectivity index is 0.000000144. The van der Waals surface area contributed by atoms with Gasteiger partial charge in [0.25, 0.3) is 0 Å². The van der Waals surface area contributed by atoms with Gasteiger partial charge < -0.3 is 32.9 Å². The van der Waals surface area contributed by atoms with E-state index in [1.165, 1.54) is 66.1 Å². The van der Waals surface area contributed by atoms with Gasteiger partial charge in [-0.3, -0.25) is 0 Å². The third kappa shape index (κ3) is 14.1. The van der Waals surface area contributed by atoms with Crippen molar-refractivity contribution in [1.29, 1.82) is 0 Å². The van der Waals surface area contributed by atoms with Crippen LogP contribution < -0.4 is 19.6 Å². The van der Waals surface area contributed by atoms with Crippen molar-refractivity contribution in [2.24, 2.45) is 0 Å². The van der Waals surface area contributed by atoms with Crippen molar-refractivity contribution in [2.75, 3.05) is 19.6 Å². The molecule has 3 heterocycles. The van der Waals surface area contributed by atoms with Gasteiger partial charge in [-0.25, -0.2) is 0 Å². The minimum Gasteiger partial charge on any atom is -0.455 e. The second kappa shape index (κ2) is 34.3. The summed E-state index contributed by atoms with van der Waals surface area (Å²) >= 11 is 0. The fourth-order valence-corrected chi connectivity index (χ4v) is 21.9. The highest BCUT2D eigenvalue weighted by molar-refractivity contribution is 6.32. The van der Waals surface area contributed by atoms with Gasteiger partial charge in [0.1, 0.15) is 27.9 Å². The molecule has 0 saturated carbocycles. The Morgan fingerprint density at radius 1 is 0.157 bits per heavy atom. The summed E-state index contributed by atoms with van der Waals surface area (Å²) in [5.41, 5.74) is 34.8. The molecule has 3 aromatic heterocycles. The Hall–Kier alpha value is -18.3. The van der Waals surface area contributed by atoms with Gasteiger partial charge in [0.2, 0.25) is 0 Å². The summed E-state index contributed by atoms with van der Waals surface area (Å²) in [6.45, 7) is 4.69. The molecule has 1 aliphatic carbocycles. The van der Waals surface area contributed by atoms with E-state index in [2.05, 4.69) is 531 Å². The largest absolute Gasteiger partial charge is 0.455 e. The number of furan rings is 3. The van der Waals surface area contributed by atoms with Gasteiger partial charge in [-0.15, -0.1) is 0 Å². The standard InChI is InChI=1S/C68H44N2O2.C65H46N2O/c1-4-19-46(20-5-1)52-25-12-15-31-61(52)69(49-23-8-3-9-24-49)50-38-35-45(36-39-50)48-37-41-58-60(43-48)54-27-10-11-29-56(54)66-59-42-40-51(44-65(59)72-68(58)66)70(62-32-16-13-26-53(62)47-21-6-2-7-22-47)63-33-18-30-57-55-28-14-17-34-64(55)71-67(57)63;1-65(2)59-28-16-14-26-53(59)54-38-35-49(41-60(54)65)66(46-20-8-4-9-21-46)50-36-39-57-62(42-50)68-64-56-37-32-45(40-58(56)52-25-12-13-27-55(52)63(57)64)43-30-33-48(34-31-43)67(47-22-10-5-11-23-47)61-29-17-15-24-51(61)44-18-6-3-7-19-44/h1-44H;3-42H,1-2H3. The van der Waals surface area contributed by atoms with Gasteiger partial charge in [0.05, 0.1) is 28.4 Å². The average Bonchev–Trinajstić information content (AvgIpc) is 1.55. The van der Waals surface area contributed by atoms with Crippen LogP contribution in [0.4, 0.5) is 68.2 Å². The maximum absolute atomic E-state index is 7.14. The Bertz CT molecular complexity index is 9280. The van der Waals surface area contributed by atoms with Gasteiger partial charge in [-0.1, -0.05) is 360 Å². The van der Waals surface area contributed by atoms with Crippen molar-refractivity contribution in [2.45, 2.75) is 19.3 Å². The van der Waals surface area contributed by atoms with E-state index in [0.717, 1.165) is 189 Å². The molecule has 27 rings (SSSR count). The minimum absolute atomic E-state index is 0.114. The lowest BCUT2D eigenvalue weighted by atomic mass is 9.82. The van der Waals surface area contributed by atoms with Crippen molar-refractivity contribution >= 4 is 177 Å². The zero-order valence-electron chi connectivity index (χ0n) is 77.0. The van der Waals surface area contributed by atoms with Gasteiger partial charge in [-0.2, -0.15) is 0 Å². The first-order chi connectivity index (χ1) is 69.2. The molecule has 23 aromatic carbocycles. The summed E-state index contributed by atoms with van der Waals surface area (Å²) < 4.78 is 20.9. The summed E-state index contributed by atoms with van der Waals surface area (Å²) in [4.78, 5) is 9.40. The van der Waals surface area contributed by atoms with Crippen molar-refractivity contribution in [3.8, 4) is 66.8 Å². The summed E-state index contributed by atoms with van der Waals surface area (Å²) in [7, 11) is 0. The SMILES string of the molecule is CC1(C)c2ccccc2-c2ccc(N(c3ccccc3)c3ccc4c(c3)oc3c5ccc(-c6ccc(N(c7ccccc7)c7ccccc7-c7ccccc7)cc6)cc5c5ccccc5c43)cc21.c1ccc(-c2ccccc2N(c2ccccc2)c2ccc(-c3ccc4c(c3)c3ccccc3c3c5ccc(N(c6ccccc6-c6ccccc6)c6cccc7c6oc6ccccc67)cc5oc43)cc2)cc1. The maximum Gasteiger partial charge on any atom is 0.159 e. The number of para-hydroxylation sites is 8. The zero-order chi connectivity index (χ0) is 92.9. The molecule has 140 heavy (non-hydrogen) atoms. The van der Waals surface area contributed by atoms with E-state index >= 15 is 0 Å². The van der Waals surface area contributed by atoms with Crippen LogP contribution in [0.1, 0.15) is 25.0 Å². The zero-order valence-corrected chi connectivity index (χ0v) is 77.0. The van der Waals surface area contributed by atoms with Crippen LogP contribution in [0.5, 0.6) is 0 Å². The van der Waals surface area contributed by atoms with Crippen LogP contribution in [0.15, 0.2) is 523 Å². The van der Waals surface area contributed by atoms with Crippen LogP contribution in [-0.2, 0) is 5.41 Å². The monoisotopic (exact) mass is 1790 g/mol. The number of hydrogen-bond donors (Lipinski definition) is 0. The third-order valence-electron chi connectivity index (χ3n) is 28.5. The van der Waals surface area contributed by atoms with E-state index in [1.807, 2.05) is 12.1 Å². The highest BCUT2D eigenvalue weighted by Crippen LogP contribution is 2.55. The van der Waals surface area contributed by atoms with Gasteiger partial charge in [-0.05, 0) is 245 Å². The molecule has 0 amide bonds. The third-order valence-corrected chi connectivity index (χ3v) is 28.5. The molecule has 26 aromatic rings. The van der Waals surface area contributed by atoms with Crippen molar-refractivity contribution < 1.29 is 13.3 Å². The van der Waals surface area contributed by atoms with Crippen molar-refractivity contribution in [1.82, 2.24) is 0 Å². The number of hydrogen-bond acceptors (Lipinski definition) is 7. The molecule has 0 fully saturated rings. The van der Waals surface area contributed by atoms with Crippen molar-refractivity contribution in [3.05, 3.63) is 521 Å². The number of nitrogens with zero attached hydrogens (tertiary/aromatic N) is 4. The van der Waals surface area contributed by atoms with Crippen LogP contribution in [-0.4, -0.2) is 0 Å². The summed E-state index contributed by atoms with van der Waals surface area (Å²) in [6.07, 6.45) is 0. The molecule has 0 saturated heterocycles. The topological polar surface area (TPSA) is 52.4 Å². The lowest BCUT2D eigenvalue weighted by Gasteiger charge is -2.28. The fraction of sp³-hybridized carbons (Fsp3) is 0.0226. The molecule has 0 N–H and O–H groups in total. The van der Waals surface area contributed by atoms with Crippen LogP contribution in [0, 0.1) is 0 Å². The average molecular weight is 1790 g/mol. The Kier molecular flexibility index (Phi) is 20.2. The van der Waals surface area contributed by atoms with E-state index < -0.39 is 0 Å². The molecule has 0 radical (unpaired) electrons. The molecular weight excluding hydrogens is 1700 g/mol. The Morgan fingerprint density at radius 2 is 0.471 bits per heavy atom. The highest BCUT2D eigenvalue weighted by atomic mass is 16.3. The molecule has 1 aliphatic rings. The van der Waals surface area contributed by atoms with Crippen LogP contribution >= 0.6 is 0 Å². The first-order valence-corrected chi connectivity index (χ1v) is 48.0. The summed E-state index contributed by atoms with van der Waals surface area (Å²) in [6, 6.07) is 183. The number of fused-ring (bicyclic) bond motifs is 22. The smallest absolute Gasteiger partial charge is 0.159 e. The normalized spacial score (nSPS) is 12.1. The number of benzene rings is 23. The molecule has 0 unspecified atom stereocenters. The quantitative estimate of drug-likeness (QED) is 0.0842. The Labute approximate surface area is 811 Å². The number of rotatable bonds is 17. The predicted molar refractivity (Wildman–Crippen MR) is 588 cm³/mol. The van der Waals surface area contributed by atoms with E-state index in [4.69, 9.17) is 13.3 Å². The predicted octanol–water partition coefficient (Wildman–Crippen LogP) is 38.2. The molecule has 0 spiro atoms. The van der Waals surface area contributed by atoms with E-state index in [0.29, 0.717) is 0 Å². The minimum atomic E-state index is -0.114. The lowest BCUT2D eigenvalue weighted by molar-refractivity contribution is 0.660. The molecule has 0 aliphatic heterocycles. The maximum atomic E-state index is 7.14. The Morgan fingerprint density at radius 3 is 0.950 bits per heavy atom. The molecule has 0 atom stereocenters. The molecule has 660 valence electrons. The van der Waals surface area contributed by atoms with Crippen molar-refractivity contribution in [3.63, 3.8) is 0 Å². The van der Waals surface area contributed by atoms with Crippen LogP contribution in [0.2, 0.25) is 0 Å². The van der Waals surface area contributed by atoms with E-state index in [9.17, 15) is 0 Å². The highest BCUT2D eigenvalue weighted by Gasteiger charge is 2.37. The lowest BCUT2D eigenvalue weighted by Crippen LogP contribution is -2.16. The molecule has 0 bridgehead atoms. The molecule has 7 nitrogen and oxygen atoms in total. The molecular formula is C133H90N4O3. The van der Waals surface area contributed by atoms with Crippen LogP contribution in [0.25, 0.3) is 176 Å². The first-order valence-electron chi connectivity index (χ1n) is 48.0. The van der Waals surface area contributed by atoms with E-state index in [1.54, 1.807) is 0 Å². The summed E-state index contributed by atoms with van der Waals surface area (Å²) in [5, 5.41) is 15.8. The van der Waals surface area contributed by atoms with Gasteiger partial charge >= 0.3 is 0 Å². The second-order valence-electron chi connectivity index (χ2n) is 36.8. The van der Waals surface area contributed by atoms with Gasteiger partial charge in [0.15, 0.2) is 5.58 Å². The summed E-state index contributed by atoms with van der Waals surface area (Å²) in [5.74, 6) is 0. The van der Waals surface area contributed by atoms with Crippen LogP contribution in [0.3, 0.4) is 0 Å². The van der Waals surface area contributed by atoms with E-state index in [-0.39, 0.29) is 5.41 Å².